The maximum atomic E-state index is 13.3. The number of amides is 1. The van der Waals surface area contributed by atoms with E-state index in [0.717, 1.165) is 17.3 Å². The molecule has 1 atom stereocenters. The van der Waals surface area contributed by atoms with Gasteiger partial charge in [-0.2, -0.15) is 13.1 Å². The lowest BCUT2D eigenvalue weighted by Crippen LogP contribution is -2.51. The summed E-state index contributed by atoms with van der Waals surface area (Å²) < 4.78 is 49.3. The Hall–Kier alpha value is -2.43. The average Bonchev–Trinajstić information content (AvgIpc) is 3.22. The minimum atomic E-state index is -3.82. The first kappa shape index (κ1) is 20.8. The molecule has 0 bridgehead atoms. The number of sulfonamides is 1. The Bertz CT molecular complexity index is 1180. The first-order valence-electron chi connectivity index (χ1n) is 9.54. The molecule has 158 valence electrons. The van der Waals surface area contributed by atoms with Gasteiger partial charge in [-0.25, -0.2) is 12.8 Å². The molecule has 3 aromatic rings. The van der Waals surface area contributed by atoms with Gasteiger partial charge in [0.15, 0.2) is 0 Å². The van der Waals surface area contributed by atoms with Crippen LogP contribution in [0.25, 0.3) is 11.0 Å². The summed E-state index contributed by atoms with van der Waals surface area (Å²) in [6.45, 7) is 2.46. The van der Waals surface area contributed by atoms with E-state index in [2.05, 4.69) is 14.1 Å². The largest absolute Gasteiger partial charge is 0.352 e. The van der Waals surface area contributed by atoms with Crippen molar-refractivity contribution in [3.63, 3.8) is 0 Å². The van der Waals surface area contributed by atoms with Crippen LogP contribution in [0.4, 0.5) is 4.39 Å². The highest BCUT2D eigenvalue weighted by Gasteiger charge is 2.42. The third-order valence-corrected chi connectivity index (χ3v) is 7.86. The van der Waals surface area contributed by atoms with Crippen LogP contribution in [0.1, 0.15) is 25.3 Å². The molecular formula is C20H21FN4O3S2. The summed E-state index contributed by atoms with van der Waals surface area (Å²) in [7, 11) is -3.82. The lowest BCUT2D eigenvalue weighted by Gasteiger charge is -2.38. The Labute approximate surface area is 178 Å². The smallest absolute Gasteiger partial charge is 0.245 e. The molecule has 10 heteroatoms. The van der Waals surface area contributed by atoms with E-state index in [0.29, 0.717) is 30.4 Å². The van der Waals surface area contributed by atoms with E-state index in [4.69, 9.17) is 0 Å². The fraction of sp³-hybridized carbons (Fsp3) is 0.350. The van der Waals surface area contributed by atoms with Gasteiger partial charge in [0.1, 0.15) is 21.7 Å². The fourth-order valence-electron chi connectivity index (χ4n) is 3.71. The summed E-state index contributed by atoms with van der Waals surface area (Å²) >= 11 is 0.969. The summed E-state index contributed by atoms with van der Waals surface area (Å²) in [5, 5.41) is 2.86. The zero-order valence-corrected chi connectivity index (χ0v) is 18.0. The lowest BCUT2D eigenvalue weighted by molar-refractivity contribution is -0.132. The minimum absolute atomic E-state index is 0.0819. The molecule has 1 amide bonds. The molecule has 2 aromatic carbocycles. The molecular weight excluding hydrogens is 427 g/mol. The van der Waals surface area contributed by atoms with Crippen molar-refractivity contribution in [2.45, 2.75) is 31.2 Å². The van der Waals surface area contributed by atoms with Gasteiger partial charge >= 0.3 is 0 Å². The minimum Gasteiger partial charge on any atom is -0.352 e. The van der Waals surface area contributed by atoms with Crippen molar-refractivity contribution in [1.29, 1.82) is 0 Å². The van der Waals surface area contributed by atoms with E-state index >= 15 is 0 Å². The second kappa shape index (κ2) is 8.01. The van der Waals surface area contributed by atoms with Gasteiger partial charge in [0.2, 0.25) is 15.9 Å². The van der Waals surface area contributed by atoms with E-state index in [9.17, 15) is 17.6 Å². The van der Waals surface area contributed by atoms with Gasteiger partial charge in [-0.3, -0.25) is 4.79 Å². The second-order valence-electron chi connectivity index (χ2n) is 7.70. The molecule has 0 saturated carbocycles. The highest BCUT2D eigenvalue weighted by atomic mass is 32.2. The van der Waals surface area contributed by atoms with Crippen LogP contribution >= 0.6 is 11.7 Å². The number of rotatable bonds is 5. The molecule has 0 unspecified atom stereocenters. The lowest BCUT2D eigenvalue weighted by atomic mass is 9.82. The average molecular weight is 449 g/mol. The molecule has 0 aliphatic carbocycles. The first-order valence-corrected chi connectivity index (χ1v) is 11.7. The van der Waals surface area contributed by atoms with Crippen LogP contribution in [0.15, 0.2) is 47.4 Å². The van der Waals surface area contributed by atoms with E-state index in [-0.39, 0.29) is 29.7 Å². The zero-order chi connectivity index (χ0) is 21.4. The van der Waals surface area contributed by atoms with Crippen LogP contribution in [-0.2, 0) is 21.4 Å². The van der Waals surface area contributed by atoms with Crippen molar-refractivity contribution in [3.8, 4) is 0 Å². The predicted molar refractivity (Wildman–Crippen MR) is 112 cm³/mol. The number of carbonyl (C=O) groups excluding carboxylic acids is 1. The van der Waals surface area contributed by atoms with Crippen LogP contribution in [-0.4, -0.2) is 40.5 Å². The second-order valence-corrected chi connectivity index (χ2v) is 10.1. The number of carbonyl (C=O) groups is 1. The summed E-state index contributed by atoms with van der Waals surface area (Å²) in [4.78, 5) is 13.0. The quantitative estimate of drug-likeness (QED) is 0.648. The summed E-state index contributed by atoms with van der Waals surface area (Å²) in [6, 6.07) is 10.8. The van der Waals surface area contributed by atoms with Crippen molar-refractivity contribution < 1.29 is 17.6 Å². The number of piperidine rings is 1. The maximum absolute atomic E-state index is 13.3. The van der Waals surface area contributed by atoms with Gasteiger partial charge in [-0.05, 0) is 49.6 Å². The molecule has 1 aliphatic rings. The molecule has 2 heterocycles. The van der Waals surface area contributed by atoms with E-state index in [1.165, 1.54) is 22.5 Å². The number of nitrogens with zero attached hydrogens (tertiary/aromatic N) is 3. The predicted octanol–water partition coefficient (Wildman–Crippen LogP) is 2.94. The third-order valence-electron chi connectivity index (χ3n) is 5.44. The van der Waals surface area contributed by atoms with Gasteiger partial charge in [-0.1, -0.05) is 18.2 Å². The SMILES string of the molecule is C[C@@]1(C(=O)NCc2ccc(F)cc2)CCCN(S(=O)(=O)c2cccc3nsnc23)C1. The van der Waals surface area contributed by atoms with Gasteiger partial charge in [-0.15, -0.1) is 0 Å². The van der Waals surface area contributed by atoms with Crippen LogP contribution in [0, 0.1) is 11.2 Å². The molecule has 1 aliphatic heterocycles. The van der Waals surface area contributed by atoms with Crippen LogP contribution in [0.5, 0.6) is 0 Å². The van der Waals surface area contributed by atoms with Crippen LogP contribution in [0.3, 0.4) is 0 Å². The fourth-order valence-corrected chi connectivity index (χ4v) is 6.07. The van der Waals surface area contributed by atoms with Crippen LogP contribution < -0.4 is 5.32 Å². The maximum Gasteiger partial charge on any atom is 0.245 e. The number of nitrogens with one attached hydrogen (secondary N) is 1. The molecule has 0 radical (unpaired) electrons. The number of hydrogen-bond donors (Lipinski definition) is 1. The molecule has 4 rings (SSSR count). The number of benzene rings is 2. The van der Waals surface area contributed by atoms with Crippen molar-refractivity contribution in [1.82, 2.24) is 18.4 Å². The van der Waals surface area contributed by atoms with Crippen LogP contribution in [0.2, 0.25) is 0 Å². The highest BCUT2D eigenvalue weighted by molar-refractivity contribution is 7.89. The number of hydrogen-bond acceptors (Lipinski definition) is 6. The van der Waals surface area contributed by atoms with Crippen molar-refractivity contribution in [2.24, 2.45) is 5.41 Å². The Morgan fingerprint density at radius 2 is 2.00 bits per heavy atom. The third kappa shape index (κ3) is 3.94. The van der Waals surface area contributed by atoms with Crippen molar-refractivity contribution >= 4 is 38.7 Å². The molecule has 0 spiro atoms. The Kier molecular flexibility index (Phi) is 5.56. The Balaban J connectivity index is 1.52. The molecule has 7 nitrogen and oxygen atoms in total. The first-order chi connectivity index (χ1) is 14.3. The summed E-state index contributed by atoms with van der Waals surface area (Å²) in [5.41, 5.74) is 0.810. The highest BCUT2D eigenvalue weighted by Crippen LogP contribution is 2.34. The normalized spacial score (nSPS) is 20.3. The molecule has 1 fully saturated rings. The monoisotopic (exact) mass is 448 g/mol. The van der Waals surface area contributed by atoms with Gasteiger partial charge < -0.3 is 5.32 Å². The summed E-state index contributed by atoms with van der Waals surface area (Å²) in [5.74, 6) is -0.559. The Morgan fingerprint density at radius 3 is 2.77 bits per heavy atom. The standard InChI is InChI=1S/C20H21FN4O3S2/c1-20(19(26)22-12-14-6-8-15(21)9-7-14)10-3-11-25(13-20)30(27,28)17-5-2-4-16-18(17)24-29-23-16/h2,4-9H,3,10-13H2,1H3,(H,22,26)/t20-/m1/s1. The molecule has 1 aromatic heterocycles. The topological polar surface area (TPSA) is 92.3 Å². The Morgan fingerprint density at radius 1 is 1.23 bits per heavy atom. The number of aromatic nitrogens is 2. The van der Waals surface area contributed by atoms with E-state index in [1.807, 2.05) is 0 Å². The van der Waals surface area contributed by atoms with Gasteiger partial charge in [0.25, 0.3) is 0 Å². The van der Waals surface area contributed by atoms with Crippen molar-refractivity contribution in [2.75, 3.05) is 13.1 Å². The van der Waals surface area contributed by atoms with E-state index in [1.54, 1.807) is 31.2 Å². The molecule has 30 heavy (non-hydrogen) atoms. The molecule has 1 N–H and O–H groups in total. The van der Waals surface area contributed by atoms with E-state index < -0.39 is 15.4 Å². The van der Waals surface area contributed by atoms with Gasteiger partial charge in [0.05, 0.1) is 17.1 Å². The number of fused-ring (bicyclic) bond motifs is 1. The van der Waals surface area contributed by atoms with Gasteiger partial charge in [0, 0.05) is 19.6 Å². The number of halogens is 1. The van der Waals surface area contributed by atoms with Crippen molar-refractivity contribution in [3.05, 3.63) is 53.8 Å². The zero-order valence-electron chi connectivity index (χ0n) is 16.3. The molecule has 1 saturated heterocycles. The summed E-state index contributed by atoms with van der Waals surface area (Å²) in [6.07, 6.45) is 1.15.